The van der Waals surface area contributed by atoms with Gasteiger partial charge in [-0.15, -0.1) is 0 Å². The standard InChI is InChI=1S/C15H17NO5/c17-14(18)13-11-6-12(21-13)8-16(7-11)15(19)20-9-10-4-2-1-3-5-10/h1-5,11-13H,6-9H2,(H,17,18)/t11-,12+,13-/m1/s1. The summed E-state index contributed by atoms with van der Waals surface area (Å²) in [5.41, 5.74) is 0.922. The molecule has 3 atom stereocenters. The largest absolute Gasteiger partial charge is 0.479 e. The van der Waals surface area contributed by atoms with E-state index in [1.807, 2.05) is 30.3 Å². The van der Waals surface area contributed by atoms with Crippen molar-refractivity contribution in [3.05, 3.63) is 35.9 Å². The number of rotatable bonds is 3. The lowest BCUT2D eigenvalue weighted by Gasteiger charge is -2.29. The molecule has 0 aliphatic carbocycles. The van der Waals surface area contributed by atoms with Gasteiger partial charge in [0, 0.05) is 12.5 Å². The normalized spacial score (nSPS) is 27.4. The third-order valence-corrected chi connectivity index (χ3v) is 3.92. The van der Waals surface area contributed by atoms with Crippen molar-refractivity contribution >= 4 is 12.1 Å². The first kappa shape index (κ1) is 13.9. The quantitative estimate of drug-likeness (QED) is 0.913. The van der Waals surface area contributed by atoms with Crippen LogP contribution in [0.2, 0.25) is 0 Å². The van der Waals surface area contributed by atoms with Crippen LogP contribution in [0.3, 0.4) is 0 Å². The van der Waals surface area contributed by atoms with E-state index >= 15 is 0 Å². The summed E-state index contributed by atoms with van der Waals surface area (Å²) in [7, 11) is 0. The van der Waals surface area contributed by atoms with E-state index < -0.39 is 18.2 Å². The van der Waals surface area contributed by atoms with E-state index in [0.717, 1.165) is 5.56 Å². The van der Waals surface area contributed by atoms with Crippen LogP contribution in [-0.4, -0.2) is 47.4 Å². The second-order valence-corrected chi connectivity index (χ2v) is 5.46. The van der Waals surface area contributed by atoms with Crippen molar-refractivity contribution in [1.82, 2.24) is 4.90 Å². The highest BCUT2D eigenvalue weighted by Gasteiger charge is 2.46. The predicted molar refractivity (Wildman–Crippen MR) is 72.6 cm³/mol. The van der Waals surface area contributed by atoms with Crippen LogP contribution in [-0.2, 0) is 20.9 Å². The van der Waals surface area contributed by atoms with Gasteiger partial charge in [0.25, 0.3) is 0 Å². The number of carbonyl (C=O) groups is 2. The highest BCUT2D eigenvalue weighted by molar-refractivity contribution is 5.74. The minimum Gasteiger partial charge on any atom is -0.479 e. The molecule has 0 spiro atoms. The smallest absolute Gasteiger partial charge is 0.410 e. The number of aliphatic carboxylic acids is 1. The summed E-state index contributed by atoms with van der Waals surface area (Å²) in [6.45, 7) is 0.990. The lowest BCUT2D eigenvalue weighted by atomic mass is 9.95. The van der Waals surface area contributed by atoms with Crippen molar-refractivity contribution in [2.24, 2.45) is 5.92 Å². The van der Waals surface area contributed by atoms with Crippen LogP contribution in [0.15, 0.2) is 30.3 Å². The number of carbonyl (C=O) groups excluding carboxylic acids is 1. The lowest BCUT2D eigenvalue weighted by molar-refractivity contribution is -0.150. The molecule has 0 saturated carbocycles. The van der Waals surface area contributed by atoms with E-state index in [2.05, 4.69) is 0 Å². The summed E-state index contributed by atoms with van der Waals surface area (Å²) in [4.78, 5) is 24.7. The molecule has 2 heterocycles. The van der Waals surface area contributed by atoms with Crippen LogP contribution in [0.4, 0.5) is 4.79 Å². The molecule has 3 rings (SSSR count). The molecule has 0 aromatic heterocycles. The molecule has 6 nitrogen and oxygen atoms in total. The molecule has 112 valence electrons. The molecule has 0 unspecified atom stereocenters. The first-order valence-corrected chi connectivity index (χ1v) is 6.97. The molecular formula is C15H17NO5. The first-order valence-electron chi connectivity index (χ1n) is 6.97. The average molecular weight is 291 g/mol. The van der Waals surface area contributed by atoms with Crippen molar-refractivity contribution < 1.29 is 24.2 Å². The number of piperidine rings is 1. The molecule has 2 saturated heterocycles. The molecule has 2 aliphatic heterocycles. The third-order valence-electron chi connectivity index (χ3n) is 3.92. The Morgan fingerprint density at radius 1 is 1.29 bits per heavy atom. The Morgan fingerprint density at radius 3 is 2.76 bits per heavy atom. The molecule has 2 aliphatic rings. The monoisotopic (exact) mass is 291 g/mol. The number of carboxylic acid groups (broad SMARTS) is 1. The van der Waals surface area contributed by atoms with Crippen molar-refractivity contribution in [2.45, 2.75) is 25.2 Å². The van der Waals surface area contributed by atoms with Gasteiger partial charge in [0.2, 0.25) is 0 Å². The van der Waals surface area contributed by atoms with Crippen LogP contribution in [0.5, 0.6) is 0 Å². The van der Waals surface area contributed by atoms with Gasteiger partial charge >= 0.3 is 12.1 Å². The number of nitrogens with zero attached hydrogens (tertiary/aromatic N) is 1. The highest BCUT2D eigenvalue weighted by atomic mass is 16.6. The molecule has 1 amide bonds. The summed E-state index contributed by atoms with van der Waals surface area (Å²) in [6.07, 6.45) is -0.723. The number of amides is 1. The summed E-state index contributed by atoms with van der Waals surface area (Å²) < 4.78 is 10.7. The van der Waals surface area contributed by atoms with Crippen LogP contribution in [0, 0.1) is 5.92 Å². The Balaban J connectivity index is 1.56. The maximum Gasteiger partial charge on any atom is 0.410 e. The minimum absolute atomic E-state index is 0.148. The molecule has 6 heteroatoms. The second kappa shape index (κ2) is 5.73. The number of benzene rings is 1. The van der Waals surface area contributed by atoms with Gasteiger partial charge in [-0.1, -0.05) is 30.3 Å². The van der Waals surface area contributed by atoms with E-state index in [1.54, 1.807) is 4.90 Å². The van der Waals surface area contributed by atoms with E-state index in [0.29, 0.717) is 19.5 Å². The summed E-state index contributed by atoms with van der Waals surface area (Å²) in [5, 5.41) is 9.08. The molecule has 2 fully saturated rings. The fourth-order valence-electron chi connectivity index (χ4n) is 2.95. The molecule has 2 bridgehead atoms. The van der Waals surface area contributed by atoms with Crippen molar-refractivity contribution in [1.29, 1.82) is 0 Å². The van der Waals surface area contributed by atoms with Crippen molar-refractivity contribution in [2.75, 3.05) is 13.1 Å². The Labute approximate surface area is 122 Å². The molecule has 0 radical (unpaired) electrons. The number of likely N-dealkylation sites (tertiary alicyclic amines) is 1. The second-order valence-electron chi connectivity index (χ2n) is 5.46. The van der Waals surface area contributed by atoms with Crippen LogP contribution < -0.4 is 0 Å². The van der Waals surface area contributed by atoms with Crippen LogP contribution in [0.25, 0.3) is 0 Å². The minimum atomic E-state index is -0.956. The summed E-state index contributed by atoms with van der Waals surface area (Å²) >= 11 is 0. The van der Waals surface area contributed by atoms with E-state index in [9.17, 15) is 9.59 Å². The lowest BCUT2D eigenvalue weighted by Crippen LogP contribution is -2.44. The van der Waals surface area contributed by atoms with E-state index in [4.69, 9.17) is 14.6 Å². The molecule has 1 N–H and O–H groups in total. The number of fused-ring (bicyclic) bond motifs is 2. The van der Waals surface area contributed by atoms with Crippen molar-refractivity contribution in [3.8, 4) is 0 Å². The van der Waals surface area contributed by atoms with Gasteiger partial charge in [-0.25, -0.2) is 9.59 Å². The van der Waals surface area contributed by atoms with Crippen LogP contribution in [0.1, 0.15) is 12.0 Å². The molecule has 1 aromatic rings. The fourth-order valence-corrected chi connectivity index (χ4v) is 2.95. The number of hydrogen-bond acceptors (Lipinski definition) is 4. The maximum atomic E-state index is 12.1. The van der Waals surface area contributed by atoms with Gasteiger partial charge in [0.05, 0.1) is 12.6 Å². The fraction of sp³-hybridized carbons (Fsp3) is 0.467. The summed E-state index contributed by atoms with van der Waals surface area (Å²) in [6, 6.07) is 9.44. The molecular weight excluding hydrogens is 274 g/mol. The summed E-state index contributed by atoms with van der Waals surface area (Å²) in [5.74, 6) is -1.10. The topological polar surface area (TPSA) is 76.1 Å². The molecule has 1 aromatic carbocycles. The zero-order valence-electron chi connectivity index (χ0n) is 11.5. The third kappa shape index (κ3) is 3.00. The Morgan fingerprint density at radius 2 is 2.05 bits per heavy atom. The number of carboxylic acids is 1. The predicted octanol–water partition coefficient (Wildman–Crippen LogP) is 1.50. The maximum absolute atomic E-state index is 12.1. The average Bonchev–Trinajstić information content (AvgIpc) is 2.80. The Hall–Kier alpha value is -2.08. The van der Waals surface area contributed by atoms with Crippen molar-refractivity contribution in [3.63, 3.8) is 0 Å². The van der Waals surface area contributed by atoms with Crippen LogP contribution >= 0.6 is 0 Å². The Bertz CT molecular complexity index is 532. The highest BCUT2D eigenvalue weighted by Crippen LogP contribution is 2.32. The van der Waals surface area contributed by atoms with Gasteiger partial charge in [0.15, 0.2) is 6.10 Å². The van der Waals surface area contributed by atoms with Gasteiger partial charge in [0.1, 0.15) is 6.61 Å². The zero-order valence-corrected chi connectivity index (χ0v) is 11.5. The molecule has 21 heavy (non-hydrogen) atoms. The van der Waals surface area contributed by atoms with Gasteiger partial charge in [-0.05, 0) is 12.0 Å². The number of hydrogen-bond donors (Lipinski definition) is 1. The van der Waals surface area contributed by atoms with Gasteiger partial charge in [-0.2, -0.15) is 0 Å². The number of ether oxygens (including phenoxy) is 2. The first-order chi connectivity index (χ1) is 10.1. The Kier molecular flexibility index (Phi) is 3.79. The van der Waals surface area contributed by atoms with Gasteiger partial charge < -0.3 is 19.5 Å². The van der Waals surface area contributed by atoms with Gasteiger partial charge in [-0.3, -0.25) is 0 Å². The SMILES string of the molecule is O=C(O)[C@@H]1O[C@H]2C[C@@H]1CN(C(=O)OCc1ccccc1)C2. The van der Waals surface area contributed by atoms with E-state index in [1.165, 1.54) is 0 Å². The van der Waals surface area contributed by atoms with E-state index in [-0.39, 0.29) is 18.6 Å². The zero-order chi connectivity index (χ0) is 14.8.